The van der Waals surface area contributed by atoms with Gasteiger partial charge in [0.15, 0.2) is 0 Å². The Morgan fingerprint density at radius 1 is 1.54 bits per heavy atom. The lowest BCUT2D eigenvalue weighted by atomic mass is 10.1. The third kappa shape index (κ3) is 2.46. The van der Waals surface area contributed by atoms with Crippen molar-refractivity contribution in [3.05, 3.63) is 10.3 Å². The zero-order valence-electron chi connectivity index (χ0n) is 8.34. The Kier molecular flexibility index (Phi) is 3.36. The summed E-state index contributed by atoms with van der Waals surface area (Å²) >= 11 is 3.47. The predicted octanol–water partition coefficient (Wildman–Crippen LogP) is 2.35. The van der Waals surface area contributed by atoms with Crippen LogP contribution in [0.15, 0.2) is 4.60 Å². The standard InChI is InChI=1S/C9H16BrN3/c1-6(2)4-5-7-8(10)13(3)9(11)12-7/h6H,4-5H2,1-3H3,(H2,11,12). The van der Waals surface area contributed by atoms with Crippen LogP contribution < -0.4 is 5.73 Å². The average Bonchev–Trinajstić information content (AvgIpc) is 2.29. The SMILES string of the molecule is CC(C)CCc1nc(N)n(C)c1Br. The number of anilines is 1. The van der Waals surface area contributed by atoms with Crippen molar-refractivity contribution in [3.63, 3.8) is 0 Å². The molecule has 1 aromatic heterocycles. The third-order valence-corrected chi connectivity index (χ3v) is 3.07. The number of aryl methyl sites for hydroxylation is 1. The summed E-state index contributed by atoms with van der Waals surface area (Å²) in [5.74, 6) is 1.28. The molecule has 13 heavy (non-hydrogen) atoms. The predicted molar refractivity (Wildman–Crippen MR) is 58.5 cm³/mol. The number of hydrogen-bond acceptors (Lipinski definition) is 2. The maximum absolute atomic E-state index is 5.67. The van der Waals surface area contributed by atoms with E-state index in [1.54, 1.807) is 0 Å². The molecule has 4 heteroatoms. The Morgan fingerprint density at radius 3 is 2.54 bits per heavy atom. The summed E-state index contributed by atoms with van der Waals surface area (Å²) < 4.78 is 2.86. The van der Waals surface area contributed by atoms with Gasteiger partial charge in [0.25, 0.3) is 0 Å². The Labute approximate surface area is 87.5 Å². The molecule has 0 saturated heterocycles. The van der Waals surface area contributed by atoms with Gasteiger partial charge in [0.05, 0.1) is 5.69 Å². The molecule has 2 N–H and O–H groups in total. The fraction of sp³-hybridized carbons (Fsp3) is 0.667. The molecular weight excluding hydrogens is 230 g/mol. The third-order valence-electron chi connectivity index (χ3n) is 2.08. The van der Waals surface area contributed by atoms with Gasteiger partial charge in [-0.3, -0.25) is 0 Å². The van der Waals surface area contributed by atoms with E-state index in [1.807, 2.05) is 11.6 Å². The van der Waals surface area contributed by atoms with Crippen LogP contribution in [0.25, 0.3) is 0 Å². The second kappa shape index (κ2) is 4.13. The summed E-state index contributed by atoms with van der Waals surface area (Å²) in [7, 11) is 1.91. The van der Waals surface area contributed by atoms with Gasteiger partial charge in [0, 0.05) is 7.05 Å². The van der Waals surface area contributed by atoms with Crippen LogP contribution in [0.2, 0.25) is 0 Å². The summed E-state index contributed by atoms with van der Waals surface area (Å²) in [6, 6.07) is 0. The first-order valence-electron chi connectivity index (χ1n) is 4.49. The van der Waals surface area contributed by atoms with Gasteiger partial charge in [-0.05, 0) is 34.7 Å². The topological polar surface area (TPSA) is 43.8 Å². The van der Waals surface area contributed by atoms with Gasteiger partial charge in [-0.1, -0.05) is 13.8 Å². The van der Waals surface area contributed by atoms with Gasteiger partial charge < -0.3 is 10.3 Å². The zero-order valence-corrected chi connectivity index (χ0v) is 9.93. The van der Waals surface area contributed by atoms with Crippen LogP contribution >= 0.6 is 15.9 Å². The molecule has 0 amide bonds. The number of nitrogens with zero attached hydrogens (tertiary/aromatic N) is 2. The molecule has 3 nitrogen and oxygen atoms in total. The Balaban J connectivity index is 2.72. The van der Waals surface area contributed by atoms with E-state index < -0.39 is 0 Å². The second-order valence-electron chi connectivity index (χ2n) is 3.70. The van der Waals surface area contributed by atoms with E-state index in [-0.39, 0.29) is 0 Å². The van der Waals surface area contributed by atoms with Gasteiger partial charge >= 0.3 is 0 Å². The van der Waals surface area contributed by atoms with Crippen molar-refractivity contribution in [2.45, 2.75) is 26.7 Å². The molecule has 0 unspecified atom stereocenters. The van der Waals surface area contributed by atoms with Crippen LogP contribution in [-0.2, 0) is 13.5 Å². The van der Waals surface area contributed by atoms with Crippen LogP contribution in [0, 0.1) is 5.92 Å². The Bertz CT molecular complexity index is 291. The largest absolute Gasteiger partial charge is 0.369 e. The molecular formula is C9H16BrN3. The number of imidazole rings is 1. The highest BCUT2D eigenvalue weighted by Crippen LogP contribution is 2.21. The Hall–Kier alpha value is -0.510. The van der Waals surface area contributed by atoms with Crippen LogP contribution in [-0.4, -0.2) is 9.55 Å². The number of rotatable bonds is 3. The molecule has 0 bridgehead atoms. The normalized spacial score (nSPS) is 11.2. The molecule has 0 atom stereocenters. The van der Waals surface area contributed by atoms with Crippen molar-refractivity contribution in [2.75, 3.05) is 5.73 Å². The minimum atomic E-state index is 0.575. The minimum absolute atomic E-state index is 0.575. The lowest BCUT2D eigenvalue weighted by Crippen LogP contribution is -1.96. The first-order valence-corrected chi connectivity index (χ1v) is 5.28. The van der Waals surface area contributed by atoms with E-state index in [4.69, 9.17) is 5.73 Å². The molecule has 1 aromatic rings. The van der Waals surface area contributed by atoms with Crippen molar-refractivity contribution in [1.82, 2.24) is 9.55 Å². The zero-order chi connectivity index (χ0) is 10.0. The highest BCUT2D eigenvalue weighted by atomic mass is 79.9. The Morgan fingerprint density at radius 2 is 2.15 bits per heavy atom. The molecule has 0 aliphatic heterocycles. The van der Waals surface area contributed by atoms with Crippen LogP contribution in [0.1, 0.15) is 26.0 Å². The fourth-order valence-electron chi connectivity index (χ4n) is 1.14. The summed E-state index contributed by atoms with van der Waals surface area (Å²) in [4.78, 5) is 4.28. The first kappa shape index (κ1) is 10.6. The number of hydrogen-bond donors (Lipinski definition) is 1. The number of nitrogens with two attached hydrogens (primary N) is 1. The van der Waals surface area contributed by atoms with Crippen molar-refractivity contribution in [3.8, 4) is 0 Å². The minimum Gasteiger partial charge on any atom is -0.369 e. The lowest BCUT2D eigenvalue weighted by Gasteiger charge is -2.01. The van der Waals surface area contributed by atoms with Crippen molar-refractivity contribution in [1.29, 1.82) is 0 Å². The second-order valence-corrected chi connectivity index (χ2v) is 4.45. The van der Waals surface area contributed by atoms with Crippen molar-refractivity contribution in [2.24, 2.45) is 13.0 Å². The number of nitrogen functional groups attached to an aromatic ring is 1. The maximum atomic E-state index is 5.67. The molecule has 1 rings (SSSR count). The van der Waals surface area contributed by atoms with Gasteiger partial charge in [-0.2, -0.15) is 0 Å². The average molecular weight is 246 g/mol. The molecule has 1 heterocycles. The summed E-state index contributed by atoms with van der Waals surface area (Å²) in [5.41, 5.74) is 6.73. The molecule has 0 aliphatic carbocycles. The van der Waals surface area contributed by atoms with E-state index in [9.17, 15) is 0 Å². The highest BCUT2D eigenvalue weighted by Gasteiger charge is 2.09. The van der Waals surface area contributed by atoms with E-state index in [0.29, 0.717) is 11.9 Å². The van der Waals surface area contributed by atoms with Gasteiger partial charge in [0.2, 0.25) is 5.95 Å². The fourth-order valence-corrected chi connectivity index (χ4v) is 1.61. The van der Waals surface area contributed by atoms with Crippen molar-refractivity contribution < 1.29 is 0 Å². The van der Waals surface area contributed by atoms with Gasteiger partial charge in [0.1, 0.15) is 4.60 Å². The first-order chi connectivity index (χ1) is 6.02. The summed E-state index contributed by atoms with van der Waals surface area (Å²) in [6.45, 7) is 4.42. The molecule has 0 aromatic carbocycles. The van der Waals surface area contributed by atoms with Crippen LogP contribution in [0.4, 0.5) is 5.95 Å². The maximum Gasteiger partial charge on any atom is 0.201 e. The highest BCUT2D eigenvalue weighted by molar-refractivity contribution is 9.10. The number of aromatic nitrogens is 2. The summed E-state index contributed by atoms with van der Waals surface area (Å²) in [5, 5.41) is 0. The van der Waals surface area contributed by atoms with E-state index >= 15 is 0 Å². The molecule has 0 spiro atoms. The monoisotopic (exact) mass is 245 g/mol. The van der Waals surface area contributed by atoms with E-state index in [0.717, 1.165) is 23.1 Å². The molecule has 0 aliphatic rings. The molecule has 74 valence electrons. The van der Waals surface area contributed by atoms with E-state index in [2.05, 4.69) is 34.8 Å². The lowest BCUT2D eigenvalue weighted by molar-refractivity contribution is 0.581. The molecule has 0 saturated carbocycles. The smallest absolute Gasteiger partial charge is 0.201 e. The molecule has 0 radical (unpaired) electrons. The van der Waals surface area contributed by atoms with E-state index in [1.165, 1.54) is 0 Å². The van der Waals surface area contributed by atoms with Crippen LogP contribution in [0.5, 0.6) is 0 Å². The van der Waals surface area contributed by atoms with Gasteiger partial charge in [-0.25, -0.2) is 4.98 Å². The summed E-state index contributed by atoms with van der Waals surface area (Å²) in [6.07, 6.45) is 2.14. The number of halogens is 1. The van der Waals surface area contributed by atoms with Gasteiger partial charge in [-0.15, -0.1) is 0 Å². The molecule has 0 fully saturated rings. The quantitative estimate of drug-likeness (QED) is 0.889. The van der Waals surface area contributed by atoms with Crippen LogP contribution in [0.3, 0.4) is 0 Å². The van der Waals surface area contributed by atoms with Crippen molar-refractivity contribution >= 4 is 21.9 Å².